The van der Waals surface area contributed by atoms with Gasteiger partial charge >= 0.3 is 12.1 Å². The van der Waals surface area contributed by atoms with Crippen LogP contribution in [0.3, 0.4) is 0 Å². The average molecular weight is 698 g/mol. The number of carbonyl (C=O) groups excluding carboxylic acids is 4. The molecule has 4 saturated heterocycles. The third kappa shape index (κ3) is 7.04. The topological polar surface area (TPSA) is 149 Å². The standard InChI is InChI=1S/C37H59N7O6/c1-32(2)21-36(22-33(3,4)40(32)9)28(47)43(30(49)38-36)19-26(45)17-42(16-25-14-12-11-13-15-25)18-27(46)20-44-29(48)37(39-31(44)50)23-34(5,6)41(10)35(7,8)24-37/h11-15,26-27,45-46H,16-24H2,1-10H3,(H,38,49)(H,39,50). The Hall–Kier alpha value is -3.10. The maximum atomic E-state index is 13.9. The van der Waals surface area contributed by atoms with Gasteiger partial charge in [-0.2, -0.15) is 0 Å². The van der Waals surface area contributed by atoms with Crippen LogP contribution < -0.4 is 10.6 Å². The third-order valence-corrected chi connectivity index (χ3v) is 12.0. The van der Waals surface area contributed by atoms with Crippen LogP contribution in [0.1, 0.15) is 86.6 Å². The molecule has 0 aromatic heterocycles. The third-order valence-electron chi connectivity index (χ3n) is 12.0. The minimum atomic E-state index is -1.12. The van der Waals surface area contributed by atoms with Gasteiger partial charge in [0.15, 0.2) is 0 Å². The molecule has 4 aliphatic heterocycles. The molecule has 1 aromatic carbocycles. The van der Waals surface area contributed by atoms with E-state index in [9.17, 15) is 29.4 Å². The van der Waals surface area contributed by atoms with E-state index < -0.39 is 35.3 Å². The number of imide groups is 2. The number of nitrogens with one attached hydrogen (secondary N) is 2. The zero-order valence-corrected chi connectivity index (χ0v) is 31.7. The summed E-state index contributed by atoms with van der Waals surface area (Å²) in [6.07, 6.45) is -0.463. The Morgan fingerprint density at radius 2 is 0.980 bits per heavy atom. The van der Waals surface area contributed by atoms with E-state index in [1.54, 1.807) is 0 Å². The molecule has 4 heterocycles. The summed E-state index contributed by atoms with van der Waals surface area (Å²) in [5, 5.41) is 28.7. The number of aliphatic hydroxyl groups is 2. The molecule has 13 heteroatoms. The number of amides is 6. The van der Waals surface area contributed by atoms with E-state index >= 15 is 0 Å². The largest absolute Gasteiger partial charge is 0.390 e. The molecule has 4 fully saturated rings. The number of hydrogen-bond donors (Lipinski definition) is 4. The van der Waals surface area contributed by atoms with Crippen LogP contribution in [0.2, 0.25) is 0 Å². The quantitative estimate of drug-likeness (QED) is 0.271. The molecule has 2 atom stereocenters. The van der Waals surface area contributed by atoms with Gasteiger partial charge < -0.3 is 20.8 Å². The van der Waals surface area contributed by atoms with Gasteiger partial charge in [0.05, 0.1) is 25.3 Å². The van der Waals surface area contributed by atoms with Crippen LogP contribution in [0.4, 0.5) is 9.59 Å². The van der Waals surface area contributed by atoms with Crippen molar-refractivity contribution in [1.29, 1.82) is 0 Å². The maximum absolute atomic E-state index is 13.9. The second kappa shape index (κ2) is 12.8. The summed E-state index contributed by atoms with van der Waals surface area (Å²) in [5.74, 6) is -0.670. The molecule has 0 bridgehead atoms. The van der Waals surface area contributed by atoms with Gasteiger partial charge in [-0.25, -0.2) is 9.59 Å². The number of urea groups is 2. The molecule has 0 radical (unpaired) electrons. The molecule has 0 saturated carbocycles. The van der Waals surface area contributed by atoms with E-state index in [1.165, 1.54) is 0 Å². The number of piperidine rings is 2. The number of rotatable bonds is 10. The normalized spacial score (nSPS) is 26.5. The molecule has 2 unspecified atom stereocenters. The smallest absolute Gasteiger partial charge is 0.325 e. The Morgan fingerprint density at radius 1 is 0.640 bits per heavy atom. The Morgan fingerprint density at radius 3 is 1.32 bits per heavy atom. The summed E-state index contributed by atoms with van der Waals surface area (Å²) < 4.78 is 0. The van der Waals surface area contributed by atoms with Crippen molar-refractivity contribution in [3.63, 3.8) is 0 Å². The number of likely N-dealkylation sites (tertiary alicyclic amines) is 2. The molecule has 1 aromatic rings. The monoisotopic (exact) mass is 697 g/mol. The average Bonchev–Trinajstić information content (AvgIpc) is 3.32. The lowest BCUT2D eigenvalue weighted by Crippen LogP contribution is -2.68. The molecule has 6 amide bonds. The first-order chi connectivity index (χ1) is 22.9. The van der Waals surface area contributed by atoms with Gasteiger partial charge in [-0.15, -0.1) is 0 Å². The van der Waals surface area contributed by atoms with Gasteiger partial charge in [0.1, 0.15) is 11.1 Å². The Bertz CT molecular complexity index is 1370. The Balaban J connectivity index is 1.28. The first-order valence-corrected chi connectivity index (χ1v) is 17.8. The van der Waals surface area contributed by atoms with Gasteiger partial charge in [-0.1, -0.05) is 30.3 Å². The molecule has 13 nitrogen and oxygen atoms in total. The van der Waals surface area contributed by atoms with Gasteiger partial charge in [0.25, 0.3) is 11.8 Å². The molecule has 278 valence electrons. The van der Waals surface area contributed by atoms with E-state index in [1.807, 2.05) is 49.3 Å². The van der Waals surface area contributed by atoms with Crippen molar-refractivity contribution in [1.82, 2.24) is 35.1 Å². The predicted molar refractivity (Wildman–Crippen MR) is 190 cm³/mol. The van der Waals surface area contributed by atoms with Crippen LogP contribution in [0.5, 0.6) is 0 Å². The van der Waals surface area contributed by atoms with E-state index in [-0.39, 0.29) is 60.1 Å². The van der Waals surface area contributed by atoms with Crippen molar-refractivity contribution >= 4 is 23.9 Å². The van der Waals surface area contributed by atoms with Gasteiger partial charge in [0, 0.05) is 41.8 Å². The molecule has 50 heavy (non-hydrogen) atoms. The Kier molecular flexibility index (Phi) is 9.79. The highest BCUT2D eigenvalue weighted by Gasteiger charge is 2.62. The minimum Gasteiger partial charge on any atom is -0.390 e. The summed E-state index contributed by atoms with van der Waals surface area (Å²) >= 11 is 0. The lowest BCUT2D eigenvalue weighted by atomic mass is 9.69. The van der Waals surface area contributed by atoms with Gasteiger partial charge in [-0.3, -0.25) is 34.1 Å². The first-order valence-electron chi connectivity index (χ1n) is 17.8. The van der Waals surface area contributed by atoms with Crippen LogP contribution in [0.25, 0.3) is 0 Å². The Labute approximate surface area is 297 Å². The van der Waals surface area contributed by atoms with Crippen LogP contribution in [0.15, 0.2) is 30.3 Å². The molecular formula is C37H59N7O6. The van der Waals surface area contributed by atoms with Crippen molar-refractivity contribution < 1.29 is 29.4 Å². The van der Waals surface area contributed by atoms with Gasteiger partial charge in [0.2, 0.25) is 0 Å². The molecule has 4 N–H and O–H groups in total. The zero-order chi connectivity index (χ0) is 37.2. The second-order valence-electron chi connectivity index (χ2n) is 17.9. The second-order valence-corrected chi connectivity index (χ2v) is 17.9. The SMILES string of the molecule is CN1C(C)(C)CC2(CC1(C)C)NC(=O)N(CC(O)CN(Cc1ccccc1)CC(O)CN1C(=O)NC3(CC(C)(C)N(C)C(C)(C)C3)C1=O)C2=O. The van der Waals surface area contributed by atoms with Crippen LogP contribution >= 0.6 is 0 Å². The van der Waals surface area contributed by atoms with Crippen LogP contribution in [-0.2, 0) is 16.1 Å². The first kappa shape index (κ1) is 38.1. The number of aliphatic hydroxyl groups excluding tert-OH is 2. The summed E-state index contributed by atoms with van der Waals surface area (Å²) in [6.45, 7) is 16.5. The highest BCUT2D eigenvalue weighted by molar-refractivity contribution is 6.08. The fourth-order valence-electron chi connectivity index (χ4n) is 9.53. The molecular weight excluding hydrogens is 638 g/mol. The van der Waals surface area contributed by atoms with Crippen LogP contribution in [-0.4, -0.2) is 144 Å². The van der Waals surface area contributed by atoms with Crippen molar-refractivity contribution in [2.75, 3.05) is 40.3 Å². The number of nitrogens with zero attached hydrogens (tertiary/aromatic N) is 5. The summed E-state index contributed by atoms with van der Waals surface area (Å²) in [7, 11) is 4.07. The van der Waals surface area contributed by atoms with E-state index in [4.69, 9.17) is 0 Å². The van der Waals surface area contributed by atoms with Crippen LogP contribution in [0, 0.1) is 0 Å². The van der Waals surface area contributed by atoms with Crippen molar-refractivity contribution in [2.24, 2.45) is 0 Å². The molecule has 4 aliphatic rings. The highest BCUT2D eigenvalue weighted by Crippen LogP contribution is 2.46. The number of benzene rings is 1. The predicted octanol–water partition coefficient (Wildman–Crippen LogP) is 2.36. The minimum absolute atomic E-state index is 0.0362. The molecule has 2 spiro atoms. The summed E-state index contributed by atoms with van der Waals surface area (Å²) in [6, 6.07) is 8.52. The van der Waals surface area contributed by atoms with Crippen molar-refractivity contribution in [2.45, 2.75) is 133 Å². The number of β-amino-alcohol motifs (C(OH)–C–C–N with tert-alkyl or cyclic N) is 2. The fourth-order valence-corrected chi connectivity index (χ4v) is 9.53. The maximum Gasteiger partial charge on any atom is 0.325 e. The summed E-state index contributed by atoms with van der Waals surface area (Å²) in [4.78, 5) is 62.9. The molecule has 0 aliphatic carbocycles. The molecule has 5 rings (SSSR count). The van der Waals surface area contributed by atoms with Gasteiger partial charge in [-0.05, 0) is 101 Å². The highest BCUT2D eigenvalue weighted by atomic mass is 16.3. The number of hydrogen-bond acceptors (Lipinski definition) is 9. The van der Waals surface area contributed by atoms with E-state index in [0.29, 0.717) is 32.2 Å². The fraction of sp³-hybridized carbons (Fsp3) is 0.730. The zero-order valence-electron chi connectivity index (χ0n) is 31.7. The van der Waals surface area contributed by atoms with Crippen molar-refractivity contribution in [3.05, 3.63) is 35.9 Å². The number of carbonyl (C=O) groups is 4. The van der Waals surface area contributed by atoms with Crippen molar-refractivity contribution in [3.8, 4) is 0 Å². The lowest BCUT2D eigenvalue weighted by molar-refractivity contribution is -0.140. The van der Waals surface area contributed by atoms with E-state index in [2.05, 4.69) is 75.8 Å². The lowest BCUT2D eigenvalue weighted by Gasteiger charge is -2.56. The summed E-state index contributed by atoms with van der Waals surface area (Å²) in [5.41, 5.74) is -2.60. The van der Waals surface area contributed by atoms with E-state index in [0.717, 1.165) is 15.4 Å².